The van der Waals surface area contributed by atoms with Gasteiger partial charge in [-0.25, -0.2) is 4.79 Å². The van der Waals surface area contributed by atoms with Crippen LogP contribution in [0.15, 0.2) is 23.3 Å². The lowest BCUT2D eigenvalue weighted by molar-refractivity contribution is 0.116. The van der Waals surface area contributed by atoms with Gasteiger partial charge in [0.2, 0.25) is 0 Å². The lowest BCUT2D eigenvalue weighted by Gasteiger charge is -2.23. The summed E-state index contributed by atoms with van der Waals surface area (Å²) >= 11 is 1.69. The van der Waals surface area contributed by atoms with Crippen LogP contribution in [0.5, 0.6) is 0 Å². The van der Waals surface area contributed by atoms with Gasteiger partial charge in [0.25, 0.3) is 0 Å². The van der Waals surface area contributed by atoms with Crippen LogP contribution >= 0.6 is 11.8 Å². The summed E-state index contributed by atoms with van der Waals surface area (Å²) in [6.07, 6.45) is 2.35. The Kier molecular flexibility index (Phi) is 4.27. The van der Waals surface area contributed by atoms with Crippen molar-refractivity contribution in [3.05, 3.63) is 23.3 Å². The highest BCUT2D eigenvalue weighted by Crippen LogP contribution is 2.39. The number of hydrogen-bond donors (Lipinski definition) is 0. The second kappa shape index (κ2) is 5.26. The summed E-state index contributed by atoms with van der Waals surface area (Å²) in [5, 5.41) is 0.113. The molecule has 0 saturated heterocycles. The molecule has 0 aromatic rings. The third-order valence-corrected chi connectivity index (χ3v) is 3.63. The minimum Gasteiger partial charge on any atom is -0.449 e. The van der Waals surface area contributed by atoms with Crippen molar-refractivity contribution in [2.24, 2.45) is 0 Å². The van der Waals surface area contributed by atoms with Gasteiger partial charge in [-0.1, -0.05) is 6.08 Å². The monoisotopic (exact) mass is 227 g/mol. The topological polar surface area (TPSA) is 29.5 Å². The molecule has 0 saturated carbocycles. The van der Waals surface area contributed by atoms with Gasteiger partial charge in [-0.15, -0.1) is 18.3 Å². The van der Waals surface area contributed by atoms with E-state index in [0.717, 1.165) is 12.1 Å². The molecule has 1 aliphatic rings. The van der Waals surface area contributed by atoms with Crippen LogP contribution in [0.25, 0.3) is 0 Å². The van der Waals surface area contributed by atoms with Crippen LogP contribution < -0.4 is 0 Å². The molecular formula is C11H17NO2S. The van der Waals surface area contributed by atoms with Crippen LogP contribution in [0.4, 0.5) is 4.79 Å². The largest absolute Gasteiger partial charge is 0.449 e. The third-order valence-electron chi connectivity index (χ3n) is 2.30. The van der Waals surface area contributed by atoms with Crippen LogP contribution in [0, 0.1) is 0 Å². The number of thioether (sulfide) groups is 1. The predicted molar refractivity (Wildman–Crippen MR) is 63.4 cm³/mol. The van der Waals surface area contributed by atoms with E-state index in [9.17, 15) is 4.79 Å². The molecule has 0 N–H and O–H groups in total. The maximum absolute atomic E-state index is 11.7. The summed E-state index contributed by atoms with van der Waals surface area (Å²) in [6.45, 7) is 9.90. The van der Waals surface area contributed by atoms with E-state index in [1.807, 2.05) is 26.8 Å². The molecule has 0 aromatic heterocycles. The average Bonchev–Trinajstić information content (AvgIpc) is 2.44. The Morgan fingerprint density at radius 2 is 2.33 bits per heavy atom. The lowest BCUT2D eigenvalue weighted by atomic mass is 10.3. The molecule has 3 nitrogen and oxygen atoms in total. The van der Waals surface area contributed by atoms with E-state index in [4.69, 9.17) is 4.74 Å². The molecule has 0 spiro atoms. The molecule has 1 aliphatic heterocycles. The smallest absolute Gasteiger partial charge is 0.415 e. The standard InChI is InChI=1S/C11H17NO2S/c1-5-7-10-12(11(13)14-6-2)8(3)9(4)15-10/h5,10H,1,6-7H2,2-4H3. The van der Waals surface area contributed by atoms with E-state index in [1.54, 1.807) is 16.7 Å². The maximum atomic E-state index is 11.7. The highest BCUT2D eigenvalue weighted by Gasteiger charge is 2.32. The molecule has 0 fully saturated rings. The number of carbonyl (C=O) groups is 1. The zero-order valence-corrected chi connectivity index (χ0v) is 10.3. The van der Waals surface area contributed by atoms with Gasteiger partial charge in [0.15, 0.2) is 0 Å². The van der Waals surface area contributed by atoms with Crippen LogP contribution in [0.1, 0.15) is 27.2 Å². The van der Waals surface area contributed by atoms with E-state index in [1.165, 1.54) is 4.91 Å². The number of hydrogen-bond acceptors (Lipinski definition) is 3. The van der Waals surface area contributed by atoms with Crippen LogP contribution in [-0.4, -0.2) is 23.0 Å². The number of rotatable bonds is 3. The Bertz CT molecular complexity index is 299. The Labute approximate surface area is 95.2 Å². The van der Waals surface area contributed by atoms with Crippen molar-refractivity contribution >= 4 is 17.9 Å². The molecule has 0 bridgehead atoms. The number of nitrogens with zero attached hydrogens (tertiary/aromatic N) is 1. The summed E-state index contributed by atoms with van der Waals surface area (Å²) in [7, 11) is 0. The first-order valence-electron chi connectivity index (χ1n) is 5.02. The molecule has 1 unspecified atom stereocenters. The fraction of sp³-hybridized carbons (Fsp3) is 0.545. The number of allylic oxidation sites excluding steroid dienone is 2. The van der Waals surface area contributed by atoms with Gasteiger partial charge in [0.1, 0.15) is 0 Å². The van der Waals surface area contributed by atoms with Crippen LogP contribution in [0.3, 0.4) is 0 Å². The zero-order chi connectivity index (χ0) is 11.4. The second-order valence-electron chi connectivity index (χ2n) is 3.31. The highest BCUT2D eigenvalue weighted by atomic mass is 32.2. The van der Waals surface area contributed by atoms with Crippen molar-refractivity contribution in [1.29, 1.82) is 0 Å². The number of carbonyl (C=O) groups excluding carboxylic acids is 1. The molecule has 84 valence electrons. The fourth-order valence-corrected chi connectivity index (χ4v) is 2.73. The fourth-order valence-electron chi connectivity index (χ4n) is 1.47. The Morgan fingerprint density at radius 3 is 2.87 bits per heavy atom. The summed E-state index contributed by atoms with van der Waals surface area (Å²) in [4.78, 5) is 14.6. The van der Waals surface area contributed by atoms with E-state index in [2.05, 4.69) is 6.58 Å². The molecule has 4 heteroatoms. The highest BCUT2D eigenvalue weighted by molar-refractivity contribution is 8.03. The minimum atomic E-state index is -0.258. The number of amides is 1. The Morgan fingerprint density at radius 1 is 1.67 bits per heavy atom. The molecule has 1 heterocycles. The molecule has 0 aliphatic carbocycles. The predicted octanol–water partition coefficient (Wildman–Crippen LogP) is 3.35. The van der Waals surface area contributed by atoms with Crippen molar-refractivity contribution in [2.75, 3.05) is 6.61 Å². The first-order valence-corrected chi connectivity index (χ1v) is 5.90. The Balaban J connectivity index is 2.79. The lowest BCUT2D eigenvalue weighted by Crippen LogP contribution is -2.34. The van der Waals surface area contributed by atoms with Crippen molar-refractivity contribution < 1.29 is 9.53 Å². The normalized spacial score (nSPS) is 20.7. The van der Waals surface area contributed by atoms with E-state index >= 15 is 0 Å². The Hall–Kier alpha value is -0.900. The summed E-state index contributed by atoms with van der Waals surface area (Å²) < 4.78 is 5.03. The van der Waals surface area contributed by atoms with Crippen LogP contribution in [0.2, 0.25) is 0 Å². The van der Waals surface area contributed by atoms with Gasteiger partial charge >= 0.3 is 6.09 Å². The van der Waals surface area contributed by atoms with Crippen molar-refractivity contribution in [1.82, 2.24) is 4.90 Å². The van der Waals surface area contributed by atoms with E-state index < -0.39 is 0 Å². The third kappa shape index (κ3) is 2.56. The van der Waals surface area contributed by atoms with Gasteiger partial charge in [-0.2, -0.15) is 0 Å². The van der Waals surface area contributed by atoms with Crippen molar-refractivity contribution in [3.63, 3.8) is 0 Å². The molecule has 0 aromatic carbocycles. The minimum absolute atomic E-state index is 0.113. The summed E-state index contributed by atoms with van der Waals surface area (Å²) in [5.41, 5.74) is 0.991. The first-order chi connectivity index (χ1) is 7.11. The van der Waals surface area contributed by atoms with E-state index in [0.29, 0.717) is 6.61 Å². The summed E-state index contributed by atoms with van der Waals surface area (Å²) in [5.74, 6) is 0. The summed E-state index contributed by atoms with van der Waals surface area (Å²) in [6, 6.07) is 0. The molecule has 1 rings (SSSR count). The van der Waals surface area contributed by atoms with Crippen molar-refractivity contribution in [2.45, 2.75) is 32.6 Å². The van der Waals surface area contributed by atoms with Crippen molar-refractivity contribution in [3.8, 4) is 0 Å². The molecular weight excluding hydrogens is 210 g/mol. The molecule has 1 atom stereocenters. The van der Waals surface area contributed by atoms with Gasteiger partial charge in [0.05, 0.1) is 12.0 Å². The SMILES string of the molecule is C=CCC1SC(C)=C(C)N1C(=O)OCC. The van der Waals surface area contributed by atoms with Gasteiger partial charge in [-0.05, 0) is 27.2 Å². The quantitative estimate of drug-likeness (QED) is 0.692. The van der Waals surface area contributed by atoms with Gasteiger partial charge < -0.3 is 4.74 Å². The maximum Gasteiger partial charge on any atom is 0.415 e. The molecule has 0 radical (unpaired) electrons. The first kappa shape index (κ1) is 12.2. The number of ether oxygens (including phenoxy) is 1. The average molecular weight is 227 g/mol. The van der Waals surface area contributed by atoms with Gasteiger partial charge in [0, 0.05) is 10.6 Å². The van der Waals surface area contributed by atoms with E-state index in [-0.39, 0.29) is 11.5 Å². The molecule has 15 heavy (non-hydrogen) atoms. The van der Waals surface area contributed by atoms with Gasteiger partial charge in [-0.3, -0.25) is 4.90 Å². The zero-order valence-electron chi connectivity index (χ0n) is 9.45. The molecule has 1 amide bonds. The van der Waals surface area contributed by atoms with Crippen LogP contribution in [-0.2, 0) is 4.74 Å². The second-order valence-corrected chi connectivity index (χ2v) is 4.70.